The van der Waals surface area contributed by atoms with Gasteiger partial charge < -0.3 is 5.32 Å². The van der Waals surface area contributed by atoms with E-state index in [4.69, 9.17) is 0 Å². The number of rotatable bonds is 4. The predicted molar refractivity (Wildman–Crippen MR) is 45.0 cm³/mol. The zero-order valence-electron chi connectivity index (χ0n) is 6.33. The van der Waals surface area contributed by atoms with Crippen LogP contribution in [0.25, 0.3) is 0 Å². The number of ketones is 1. The Morgan fingerprint density at radius 3 is 3.18 bits per heavy atom. The van der Waals surface area contributed by atoms with E-state index >= 15 is 0 Å². The maximum absolute atomic E-state index is 11.2. The molecule has 3 nitrogen and oxygen atoms in total. The summed E-state index contributed by atoms with van der Waals surface area (Å²) in [5.41, 5.74) is 1.67. The summed E-state index contributed by atoms with van der Waals surface area (Å²) in [6.45, 7) is 0.733. The van der Waals surface area contributed by atoms with Gasteiger partial charge in [0.2, 0.25) is 0 Å². The number of nitrogens with zero attached hydrogens (tertiary/aromatic N) is 1. The molecule has 1 aromatic heterocycles. The highest BCUT2D eigenvalue weighted by Crippen LogP contribution is 2.07. The molecule has 0 aliphatic rings. The molecule has 0 fully saturated rings. The Kier molecular flexibility index (Phi) is 3.19. The summed E-state index contributed by atoms with van der Waals surface area (Å²) in [4.78, 5) is 15.8. The van der Waals surface area contributed by atoms with E-state index in [0.29, 0.717) is 6.42 Å². The fourth-order valence-electron chi connectivity index (χ4n) is 0.715. The van der Waals surface area contributed by atoms with Crippen LogP contribution in [0, 0.1) is 0 Å². The van der Waals surface area contributed by atoms with E-state index in [1.165, 1.54) is 11.3 Å². The van der Waals surface area contributed by atoms with Crippen molar-refractivity contribution in [2.24, 2.45) is 0 Å². The van der Waals surface area contributed by atoms with Gasteiger partial charge in [-0.25, -0.2) is 0 Å². The fraction of sp³-hybridized carbons (Fsp3) is 0.429. The number of carbonyl (C=O) groups is 1. The summed E-state index contributed by atoms with van der Waals surface area (Å²) in [5, 5.41) is 2.92. The molecule has 60 valence electrons. The van der Waals surface area contributed by atoms with Gasteiger partial charge in [0.1, 0.15) is 0 Å². The first-order valence-corrected chi connectivity index (χ1v) is 4.29. The Hall–Kier alpha value is -0.740. The summed E-state index contributed by atoms with van der Waals surface area (Å²) in [6, 6.07) is 0. The Morgan fingerprint density at radius 2 is 2.64 bits per heavy atom. The van der Waals surface area contributed by atoms with Gasteiger partial charge in [0.25, 0.3) is 0 Å². The van der Waals surface area contributed by atoms with Crippen molar-refractivity contribution < 1.29 is 4.79 Å². The maximum atomic E-state index is 11.2. The number of nitrogens with one attached hydrogen (secondary N) is 1. The standard InChI is InChI=1S/C7H10N2OS/c1-8-3-2-6(10)7-4-9-5-11-7/h4-5,8H,2-3H2,1H3. The van der Waals surface area contributed by atoms with Crippen LogP contribution in [0.2, 0.25) is 0 Å². The molecule has 0 spiro atoms. The highest BCUT2D eigenvalue weighted by molar-refractivity contribution is 7.11. The molecule has 0 unspecified atom stereocenters. The van der Waals surface area contributed by atoms with Crippen molar-refractivity contribution in [3.63, 3.8) is 0 Å². The lowest BCUT2D eigenvalue weighted by molar-refractivity contribution is 0.0987. The van der Waals surface area contributed by atoms with Gasteiger partial charge >= 0.3 is 0 Å². The molecule has 0 amide bonds. The quantitative estimate of drug-likeness (QED) is 0.684. The highest BCUT2D eigenvalue weighted by Gasteiger charge is 2.05. The summed E-state index contributed by atoms with van der Waals surface area (Å²) in [7, 11) is 1.83. The minimum atomic E-state index is 0.168. The van der Waals surface area contributed by atoms with Crippen LogP contribution in [0.4, 0.5) is 0 Å². The Balaban J connectivity index is 2.43. The lowest BCUT2D eigenvalue weighted by Crippen LogP contribution is -2.12. The van der Waals surface area contributed by atoms with Crippen molar-refractivity contribution in [3.05, 3.63) is 16.6 Å². The molecule has 1 rings (SSSR count). The fourth-order valence-corrected chi connectivity index (χ4v) is 1.31. The van der Waals surface area contributed by atoms with Crippen molar-refractivity contribution in [3.8, 4) is 0 Å². The first kappa shape index (κ1) is 8.36. The topological polar surface area (TPSA) is 42.0 Å². The molecule has 0 saturated carbocycles. The Labute approximate surface area is 69.5 Å². The van der Waals surface area contributed by atoms with E-state index in [1.54, 1.807) is 11.7 Å². The largest absolute Gasteiger partial charge is 0.319 e. The van der Waals surface area contributed by atoms with Crippen LogP contribution in [-0.2, 0) is 0 Å². The number of hydrogen-bond donors (Lipinski definition) is 1. The van der Waals surface area contributed by atoms with Gasteiger partial charge in [-0.1, -0.05) is 0 Å². The third-order valence-electron chi connectivity index (χ3n) is 1.31. The van der Waals surface area contributed by atoms with Crippen molar-refractivity contribution in [1.82, 2.24) is 10.3 Å². The van der Waals surface area contributed by atoms with E-state index < -0.39 is 0 Å². The van der Waals surface area contributed by atoms with Gasteiger partial charge in [0.05, 0.1) is 10.4 Å². The number of Topliss-reactive ketones (excluding diaryl/α,β-unsaturated/α-hetero) is 1. The van der Waals surface area contributed by atoms with Crippen LogP contribution < -0.4 is 5.32 Å². The molecule has 1 heterocycles. The van der Waals surface area contributed by atoms with E-state index in [1.807, 2.05) is 7.05 Å². The van der Waals surface area contributed by atoms with Crippen molar-refractivity contribution in [1.29, 1.82) is 0 Å². The molecule has 11 heavy (non-hydrogen) atoms. The average molecular weight is 170 g/mol. The normalized spacial score (nSPS) is 9.91. The van der Waals surface area contributed by atoms with Crippen molar-refractivity contribution in [2.75, 3.05) is 13.6 Å². The number of hydrogen-bond acceptors (Lipinski definition) is 4. The second-order valence-corrected chi connectivity index (χ2v) is 3.03. The maximum Gasteiger partial charge on any atom is 0.175 e. The van der Waals surface area contributed by atoms with Crippen LogP contribution in [0.15, 0.2) is 11.7 Å². The number of aromatic nitrogens is 1. The first-order valence-electron chi connectivity index (χ1n) is 3.41. The number of thiazole rings is 1. The zero-order valence-corrected chi connectivity index (χ0v) is 7.15. The van der Waals surface area contributed by atoms with Gasteiger partial charge in [-0.15, -0.1) is 11.3 Å². The van der Waals surface area contributed by atoms with Gasteiger partial charge in [-0.05, 0) is 7.05 Å². The van der Waals surface area contributed by atoms with E-state index in [9.17, 15) is 4.79 Å². The molecule has 0 bridgehead atoms. The zero-order chi connectivity index (χ0) is 8.10. The van der Waals surface area contributed by atoms with Gasteiger partial charge in [0, 0.05) is 19.2 Å². The molecule has 4 heteroatoms. The summed E-state index contributed by atoms with van der Waals surface area (Å²) in [6.07, 6.45) is 2.17. The Morgan fingerprint density at radius 1 is 1.82 bits per heavy atom. The van der Waals surface area contributed by atoms with Gasteiger partial charge in [-0.3, -0.25) is 9.78 Å². The van der Waals surface area contributed by atoms with Crippen LogP contribution in [0.3, 0.4) is 0 Å². The third-order valence-corrected chi connectivity index (χ3v) is 2.12. The lowest BCUT2D eigenvalue weighted by Gasteiger charge is -1.94. The van der Waals surface area contributed by atoms with Crippen molar-refractivity contribution in [2.45, 2.75) is 6.42 Å². The number of carbonyl (C=O) groups excluding carboxylic acids is 1. The predicted octanol–water partition coefficient (Wildman–Crippen LogP) is 0.935. The van der Waals surface area contributed by atoms with Crippen LogP contribution in [-0.4, -0.2) is 24.4 Å². The smallest absolute Gasteiger partial charge is 0.175 e. The monoisotopic (exact) mass is 170 g/mol. The summed E-state index contributed by atoms with van der Waals surface area (Å²) < 4.78 is 0. The van der Waals surface area contributed by atoms with E-state index in [2.05, 4.69) is 10.3 Å². The van der Waals surface area contributed by atoms with Crippen LogP contribution in [0.5, 0.6) is 0 Å². The van der Waals surface area contributed by atoms with Crippen LogP contribution in [0.1, 0.15) is 16.1 Å². The summed E-state index contributed by atoms with van der Waals surface area (Å²) >= 11 is 1.39. The second kappa shape index (κ2) is 4.20. The molecular formula is C7H10N2OS. The molecule has 0 atom stereocenters. The summed E-state index contributed by atoms with van der Waals surface area (Å²) in [5.74, 6) is 0.168. The molecular weight excluding hydrogens is 160 g/mol. The Bertz CT molecular complexity index is 220. The van der Waals surface area contributed by atoms with E-state index in [0.717, 1.165) is 11.4 Å². The lowest BCUT2D eigenvalue weighted by atomic mass is 10.2. The SMILES string of the molecule is CNCCC(=O)c1cncs1. The molecule has 1 aromatic rings. The van der Waals surface area contributed by atoms with Crippen molar-refractivity contribution >= 4 is 17.1 Å². The van der Waals surface area contributed by atoms with E-state index in [-0.39, 0.29) is 5.78 Å². The van der Waals surface area contributed by atoms with Gasteiger partial charge in [0.15, 0.2) is 5.78 Å². The molecule has 0 aliphatic heterocycles. The van der Waals surface area contributed by atoms with Crippen LogP contribution >= 0.6 is 11.3 Å². The molecule has 0 saturated heterocycles. The molecule has 0 aromatic carbocycles. The molecule has 0 aliphatic carbocycles. The average Bonchev–Trinajstić information content (AvgIpc) is 2.52. The minimum Gasteiger partial charge on any atom is -0.319 e. The minimum absolute atomic E-state index is 0.168. The second-order valence-electron chi connectivity index (χ2n) is 2.14. The third kappa shape index (κ3) is 2.40. The van der Waals surface area contributed by atoms with Gasteiger partial charge in [-0.2, -0.15) is 0 Å². The first-order chi connectivity index (χ1) is 5.34. The molecule has 1 N–H and O–H groups in total. The highest BCUT2D eigenvalue weighted by atomic mass is 32.1. The molecule has 0 radical (unpaired) electrons.